The van der Waals surface area contributed by atoms with E-state index in [0.29, 0.717) is 21.9 Å². The first kappa shape index (κ1) is 17.1. The molecule has 0 amide bonds. The molecular weight excluding hydrogens is 366 g/mol. The zero-order valence-electron chi connectivity index (χ0n) is 14.1. The Balaban J connectivity index is 1.82. The number of imidazole rings is 1. The Bertz CT molecular complexity index is 1130. The maximum absolute atomic E-state index is 11.2. The first-order valence-corrected chi connectivity index (χ1v) is 8.60. The first-order valence-electron chi connectivity index (χ1n) is 8.22. The van der Waals surface area contributed by atoms with Crippen molar-refractivity contribution in [2.45, 2.75) is 6.61 Å². The second-order valence-electron chi connectivity index (χ2n) is 5.89. The van der Waals surface area contributed by atoms with E-state index < -0.39 is 4.92 Å². The van der Waals surface area contributed by atoms with Crippen LogP contribution in [0.25, 0.3) is 22.4 Å². The van der Waals surface area contributed by atoms with Crippen molar-refractivity contribution in [2.24, 2.45) is 0 Å². The van der Waals surface area contributed by atoms with Crippen LogP contribution in [0.1, 0.15) is 5.56 Å². The molecule has 0 saturated carbocycles. The van der Waals surface area contributed by atoms with E-state index in [1.807, 2.05) is 48.5 Å². The number of aromatic nitrogens is 2. The van der Waals surface area contributed by atoms with Gasteiger partial charge in [0.25, 0.3) is 5.69 Å². The fourth-order valence-electron chi connectivity index (χ4n) is 2.81. The van der Waals surface area contributed by atoms with Gasteiger partial charge in [-0.3, -0.25) is 10.1 Å². The van der Waals surface area contributed by atoms with E-state index in [-0.39, 0.29) is 12.3 Å². The molecule has 0 radical (unpaired) electrons. The van der Waals surface area contributed by atoms with Crippen molar-refractivity contribution in [3.05, 3.63) is 93.5 Å². The van der Waals surface area contributed by atoms with Gasteiger partial charge in [-0.25, -0.2) is 4.98 Å². The van der Waals surface area contributed by atoms with Gasteiger partial charge in [-0.15, -0.1) is 0 Å². The molecule has 7 heteroatoms. The number of halogens is 1. The Kier molecular flexibility index (Phi) is 4.48. The second kappa shape index (κ2) is 7.09. The highest BCUT2D eigenvalue weighted by molar-refractivity contribution is 6.31. The molecule has 0 aliphatic carbocycles. The van der Waals surface area contributed by atoms with Gasteiger partial charge in [0, 0.05) is 28.3 Å². The molecule has 0 aliphatic heterocycles. The number of benzene rings is 3. The van der Waals surface area contributed by atoms with Crippen LogP contribution in [0.15, 0.2) is 72.8 Å². The Morgan fingerprint density at radius 3 is 2.52 bits per heavy atom. The number of nitro groups is 1. The summed E-state index contributed by atoms with van der Waals surface area (Å²) in [6.45, 7) is 0.202. The highest BCUT2D eigenvalue weighted by Crippen LogP contribution is 2.27. The molecule has 0 bridgehead atoms. The quantitative estimate of drug-likeness (QED) is 0.365. The van der Waals surface area contributed by atoms with Crippen LogP contribution in [-0.2, 0) is 6.61 Å². The average Bonchev–Trinajstić information content (AvgIpc) is 3.06. The van der Waals surface area contributed by atoms with Crippen LogP contribution in [-0.4, -0.2) is 14.6 Å². The smallest absolute Gasteiger partial charge is 0.271 e. The summed E-state index contributed by atoms with van der Waals surface area (Å²) in [5.41, 5.74) is 2.76. The van der Waals surface area contributed by atoms with Gasteiger partial charge in [0.15, 0.2) is 5.82 Å². The number of nitrogens with zero attached hydrogens (tertiary/aromatic N) is 3. The minimum Gasteiger partial charge on any atom is -0.407 e. The highest BCUT2D eigenvalue weighted by Gasteiger charge is 2.17. The Labute approximate surface area is 159 Å². The van der Waals surface area contributed by atoms with Crippen molar-refractivity contribution in [3.8, 4) is 11.4 Å². The Morgan fingerprint density at radius 2 is 1.78 bits per heavy atom. The minimum atomic E-state index is -0.437. The third kappa shape index (κ3) is 3.35. The summed E-state index contributed by atoms with van der Waals surface area (Å²) < 4.78 is 1.53. The molecule has 0 fully saturated rings. The van der Waals surface area contributed by atoms with Gasteiger partial charge in [0.1, 0.15) is 12.1 Å². The predicted octanol–water partition coefficient (Wildman–Crippen LogP) is 4.89. The van der Waals surface area contributed by atoms with E-state index >= 15 is 0 Å². The van der Waals surface area contributed by atoms with Crippen LogP contribution >= 0.6 is 11.6 Å². The van der Waals surface area contributed by atoms with Crippen molar-refractivity contribution in [1.82, 2.24) is 9.71 Å². The van der Waals surface area contributed by atoms with Crippen LogP contribution in [0.4, 0.5) is 5.69 Å². The largest absolute Gasteiger partial charge is 0.407 e. The lowest BCUT2D eigenvalue weighted by Gasteiger charge is -2.12. The summed E-state index contributed by atoms with van der Waals surface area (Å²) >= 11 is 6.21. The molecule has 4 aromatic rings. The topological polar surface area (TPSA) is 70.2 Å². The summed E-state index contributed by atoms with van der Waals surface area (Å²) in [6.07, 6.45) is 0. The van der Waals surface area contributed by atoms with E-state index in [4.69, 9.17) is 16.4 Å². The van der Waals surface area contributed by atoms with Crippen LogP contribution < -0.4 is 4.84 Å². The summed E-state index contributed by atoms with van der Waals surface area (Å²) in [5, 5.41) is 11.8. The van der Waals surface area contributed by atoms with Gasteiger partial charge in [0.2, 0.25) is 0 Å². The Morgan fingerprint density at radius 1 is 1.04 bits per heavy atom. The molecule has 0 N–H and O–H groups in total. The van der Waals surface area contributed by atoms with E-state index in [2.05, 4.69) is 4.98 Å². The fraction of sp³-hybridized carbons (Fsp3) is 0.0500. The molecule has 134 valence electrons. The molecule has 4 rings (SSSR count). The van der Waals surface area contributed by atoms with E-state index in [9.17, 15) is 10.1 Å². The molecule has 6 nitrogen and oxygen atoms in total. The van der Waals surface area contributed by atoms with Crippen LogP contribution in [0.3, 0.4) is 0 Å². The van der Waals surface area contributed by atoms with Crippen LogP contribution in [0.2, 0.25) is 5.02 Å². The lowest BCUT2D eigenvalue weighted by Crippen LogP contribution is -2.13. The van der Waals surface area contributed by atoms with Gasteiger partial charge >= 0.3 is 0 Å². The average molecular weight is 380 g/mol. The summed E-state index contributed by atoms with van der Waals surface area (Å²) in [7, 11) is 0. The molecule has 0 atom stereocenters. The van der Waals surface area contributed by atoms with Gasteiger partial charge in [-0.1, -0.05) is 60.1 Å². The summed E-state index contributed by atoms with van der Waals surface area (Å²) in [4.78, 5) is 21.3. The van der Waals surface area contributed by atoms with Gasteiger partial charge in [-0.2, -0.15) is 4.73 Å². The van der Waals surface area contributed by atoms with Crippen molar-refractivity contribution in [1.29, 1.82) is 0 Å². The molecule has 0 saturated heterocycles. The molecule has 0 unspecified atom stereocenters. The van der Waals surface area contributed by atoms with Gasteiger partial charge in [-0.05, 0) is 12.1 Å². The number of hydrogen-bond donors (Lipinski definition) is 0. The van der Waals surface area contributed by atoms with Crippen molar-refractivity contribution >= 4 is 28.3 Å². The summed E-state index contributed by atoms with van der Waals surface area (Å²) in [6, 6.07) is 21.4. The standard InChI is InChI=1S/C20H14ClN3O3/c21-17-9-5-4-8-15(17)13-27-23-19-12-16(24(25)26)10-11-18(19)22-20(23)14-6-2-1-3-7-14/h1-12H,13H2. The molecule has 3 aromatic carbocycles. The fourth-order valence-corrected chi connectivity index (χ4v) is 3.00. The third-order valence-corrected chi connectivity index (χ3v) is 4.52. The number of rotatable bonds is 5. The first-order chi connectivity index (χ1) is 13.1. The van der Waals surface area contributed by atoms with Crippen molar-refractivity contribution in [2.75, 3.05) is 0 Å². The monoisotopic (exact) mass is 379 g/mol. The molecule has 27 heavy (non-hydrogen) atoms. The van der Waals surface area contributed by atoms with Crippen molar-refractivity contribution < 1.29 is 9.76 Å². The van der Waals surface area contributed by atoms with E-state index in [1.165, 1.54) is 16.9 Å². The van der Waals surface area contributed by atoms with E-state index in [1.54, 1.807) is 12.1 Å². The zero-order chi connectivity index (χ0) is 18.8. The molecule has 0 spiro atoms. The SMILES string of the molecule is O=[N+]([O-])c1ccc2nc(-c3ccccc3)n(OCc3ccccc3Cl)c2c1. The van der Waals surface area contributed by atoms with Crippen LogP contribution in [0.5, 0.6) is 0 Å². The zero-order valence-corrected chi connectivity index (χ0v) is 14.8. The van der Waals surface area contributed by atoms with Crippen LogP contribution in [0, 0.1) is 10.1 Å². The predicted molar refractivity (Wildman–Crippen MR) is 104 cm³/mol. The second-order valence-corrected chi connectivity index (χ2v) is 6.30. The number of hydrogen-bond acceptors (Lipinski definition) is 4. The molecule has 1 aromatic heterocycles. The summed E-state index contributed by atoms with van der Waals surface area (Å²) in [5.74, 6) is 0.568. The molecular formula is C20H14ClN3O3. The van der Waals surface area contributed by atoms with Gasteiger partial charge in [0.05, 0.1) is 10.4 Å². The van der Waals surface area contributed by atoms with E-state index in [0.717, 1.165) is 11.1 Å². The number of fused-ring (bicyclic) bond motifs is 1. The Hall–Kier alpha value is -3.38. The highest BCUT2D eigenvalue weighted by atomic mass is 35.5. The van der Waals surface area contributed by atoms with Crippen molar-refractivity contribution in [3.63, 3.8) is 0 Å². The number of nitro benzene ring substituents is 1. The lowest BCUT2D eigenvalue weighted by atomic mass is 10.2. The number of non-ortho nitro benzene ring substituents is 1. The lowest BCUT2D eigenvalue weighted by molar-refractivity contribution is -0.384. The molecule has 0 aliphatic rings. The molecule has 1 heterocycles. The third-order valence-electron chi connectivity index (χ3n) is 4.15. The van der Waals surface area contributed by atoms with Gasteiger partial charge < -0.3 is 4.84 Å². The maximum atomic E-state index is 11.2. The minimum absolute atomic E-state index is 0.0235. The maximum Gasteiger partial charge on any atom is 0.271 e. The normalized spacial score (nSPS) is 10.9.